The van der Waals surface area contributed by atoms with Gasteiger partial charge in [-0.25, -0.2) is 4.98 Å². The second-order valence-corrected chi connectivity index (χ2v) is 25.7. The zero-order valence-electron chi connectivity index (χ0n) is 45.0. The number of nitriles is 1. The summed E-state index contributed by atoms with van der Waals surface area (Å²) in [4.78, 5) is 73.7. The molecule has 2 unspecified atom stereocenters. The number of aromatic amines is 1. The quantitative estimate of drug-likeness (QED) is 0.00879. The number of aromatic nitrogens is 4. The van der Waals surface area contributed by atoms with Crippen LogP contribution < -0.4 is 31.4 Å². The van der Waals surface area contributed by atoms with Crippen molar-refractivity contribution in [3.63, 3.8) is 0 Å². The molecule has 0 bridgehead atoms. The van der Waals surface area contributed by atoms with Gasteiger partial charge in [0, 0.05) is 38.1 Å². The van der Waals surface area contributed by atoms with Gasteiger partial charge in [-0.3, -0.25) is 23.9 Å². The Morgan fingerprint density at radius 1 is 0.962 bits per heavy atom. The molecule has 22 nitrogen and oxygen atoms in total. The topological polar surface area (TPSA) is 292 Å². The first kappa shape index (κ1) is 59.1. The van der Waals surface area contributed by atoms with Gasteiger partial charge in [-0.1, -0.05) is 68.4 Å². The average molecular weight is 1110 g/mol. The number of carbonyl (C=O) groups excluding carboxylic acids is 3. The smallest absolute Gasteiger partial charge is 0.333 e. The minimum absolute atomic E-state index is 0.0174. The Balaban J connectivity index is 1.35. The molecule has 3 aromatic carbocycles. The zero-order chi connectivity index (χ0) is 56.2. The van der Waals surface area contributed by atoms with Gasteiger partial charge in [0.15, 0.2) is 19.5 Å². The first-order valence-corrected chi connectivity index (χ1v) is 29.5. The standard InChI is InChI=1S/C54H69N8O14PSi/c1-34(63)15-24-46(65)74-41-29-45(58-27-25-44(56)64)73-42(41)32-72-77(71-28-12-26-55)76-48-40(30-53(2,3)78(7,8)67)51(62-33-59-47-49(62)60-52(57-4)61-50(47)66)75-43(48)31-70-54(35-13-10-9-11-14-35,36-16-20-38(68-5)21-17-36)37-18-22-39(69-6)23-19-37/h9-11,13-14,16-23,25,27,33,40-43,45,48,51,58,67H,12,15,24,28-32H2,1-8H3,(H2,56,64)(H2,57,60,61,66)/b27-25-/t40-,41+,42+,43+,45+,48?,51+,77?/m0/s1. The summed E-state index contributed by atoms with van der Waals surface area (Å²) in [5, 5.41) is 14.8. The Labute approximate surface area is 455 Å². The van der Waals surface area contributed by atoms with E-state index in [1.807, 2.05) is 106 Å². The number of hydrogen-bond acceptors (Lipinski definition) is 19. The Kier molecular flexibility index (Phi) is 20.0. The van der Waals surface area contributed by atoms with E-state index in [1.165, 1.54) is 19.5 Å². The molecule has 7 rings (SSSR count). The van der Waals surface area contributed by atoms with E-state index in [1.54, 1.807) is 25.8 Å². The van der Waals surface area contributed by atoms with Crippen molar-refractivity contribution >= 4 is 51.7 Å². The second kappa shape index (κ2) is 26.4. The minimum Gasteiger partial charge on any atom is -0.497 e. The Morgan fingerprint density at radius 2 is 1.62 bits per heavy atom. The predicted molar refractivity (Wildman–Crippen MR) is 290 cm³/mol. The molecular weight excluding hydrogens is 1040 g/mol. The van der Waals surface area contributed by atoms with Crippen molar-refractivity contribution in [1.29, 1.82) is 5.26 Å². The van der Waals surface area contributed by atoms with E-state index >= 15 is 0 Å². The van der Waals surface area contributed by atoms with E-state index < -0.39 is 87.8 Å². The van der Waals surface area contributed by atoms with E-state index in [0.29, 0.717) is 11.5 Å². The highest BCUT2D eigenvalue weighted by Gasteiger charge is 2.54. The van der Waals surface area contributed by atoms with Crippen LogP contribution in [0.1, 0.15) is 75.8 Å². The third-order valence-corrected chi connectivity index (χ3v) is 18.8. The molecule has 418 valence electrons. The van der Waals surface area contributed by atoms with Crippen LogP contribution in [0.15, 0.2) is 102 Å². The Hall–Kier alpha value is -6.58. The van der Waals surface area contributed by atoms with Crippen LogP contribution in [-0.2, 0) is 52.5 Å². The van der Waals surface area contributed by atoms with Crippen LogP contribution in [0.2, 0.25) is 18.1 Å². The third kappa shape index (κ3) is 14.2. The molecule has 2 fully saturated rings. The highest BCUT2D eigenvalue weighted by Crippen LogP contribution is 2.55. The fourth-order valence-corrected chi connectivity index (χ4v) is 11.2. The summed E-state index contributed by atoms with van der Waals surface area (Å²) in [5.74, 6) is -0.742. The summed E-state index contributed by atoms with van der Waals surface area (Å²) in [6.07, 6.45) is -1.39. The molecule has 24 heteroatoms. The van der Waals surface area contributed by atoms with Crippen LogP contribution in [0.25, 0.3) is 11.2 Å². The third-order valence-electron chi connectivity index (χ3n) is 14.1. The molecule has 2 aliphatic rings. The van der Waals surface area contributed by atoms with Gasteiger partial charge in [0.05, 0.1) is 59.3 Å². The minimum atomic E-state index is -3.02. The summed E-state index contributed by atoms with van der Waals surface area (Å²) < 4.78 is 59.7. The number of benzene rings is 3. The Morgan fingerprint density at radius 3 is 2.21 bits per heavy atom. The van der Waals surface area contributed by atoms with Crippen LogP contribution in [0.4, 0.5) is 5.95 Å². The van der Waals surface area contributed by atoms with E-state index in [0.717, 1.165) is 22.8 Å². The summed E-state index contributed by atoms with van der Waals surface area (Å²) in [6.45, 7) is 8.54. The predicted octanol–water partition coefficient (Wildman–Crippen LogP) is 6.61. The number of nitrogens with two attached hydrogens (primary N) is 1. The first-order chi connectivity index (χ1) is 37.3. The number of esters is 1. The zero-order valence-corrected chi connectivity index (χ0v) is 46.9. The van der Waals surface area contributed by atoms with E-state index in [-0.39, 0.29) is 74.8 Å². The van der Waals surface area contributed by atoms with Crippen LogP contribution in [0.5, 0.6) is 11.5 Å². The summed E-state index contributed by atoms with van der Waals surface area (Å²) in [6, 6.07) is 27.0. The SMILES string of the molecule is CNc1nc2c(ncn2[C@@H]2O[C@H](COC(c3ccccc3)(c3ccc(OC)cc3)c3ccc(OC)cc3)C(OP(OCCC#N)OC[C@H]3O[C@@H](N/C=C\C(N)=O)C[C@H]3OC(=O)CCC(C)=O)[C@@H]2CC(C)(C)[Si](C)(C)O)c(=O)[nH]1. The second-order valence-electron chi connectivity index (χ2n) is 20.0. The normalized spacial score (nSPS) is 21.1. The maximum atomic E-state index is 13.5. The maximum absolute atomic E-state index is 13.5. The molecule has 4 heterocycles. The molecule has 0 saturated carbocycles. The number of nitrogens with one attached hydrogen (secondary N) is 3. The molecule has 0 spiro atoms. The number of imidazole rings is 1. The van der Waals surface area contributed by atoms with Crippen molar-refractivity contribution < 1.29 is 61.2 Å². The van der Waals surface area contributed by atoms with Crippen molar-refractivity contribution in [3.8, 4) is 17.6 Å². The number of carbonyl (C=O) groups is 3. The number of methoxy groups -OCH3 is 2. The monoisotopic (exact) mass is 1110 g/mol. The molecule has 2 saturated heterocycles. The highest BCUT2D eigenvalue weighted by atomic mass is 31.2. The van der Waals surface area contributed by atoms with Gasteiger partial charge < -0.3 is 67.9 Å². The highest BCUT2D eigenvalue weighted by molar-refractivity contribution is 7.41. The first-order valence-electron chi connectivity index (χ1n) is 25.5. The molecule has 5 aromatic rings. The number of anilines is 1. The van der Waals surface area contributed by atoms with Crippen molar-refractivity contribution in [2.24, 2.45) is 11.7 Å². The molecular formula is C54H69N8O14PSi. The van der Waals surface area contributed by atoms with Gasteiger partial charge in [0.25, 0.3) is 5.56 Å². The lowest BCUT2D eigenvalue weighted by molar-refractivity contribution is -0.153. The van der Waals surface area contributed by atoms with Gasteiger partial charge in [-0.15, -0.1) is 0 Å². The van der Waals surface area contributed by atoms with Crippen molar-refractivity contribution in [2.45, 2.75) is 113 Å². The van der Waals surface area contributed by atoms with Crippen molar-refractivity contribution in [2.75, 3.05) is 46.4 Å². The number of ketones is 1. The number of rotatable bonds is 28. The number of primary amides is 1. The van der Waals surface area contributed by atoms with Crippen molar-refractivity contribution in [1.82, 2.24) is 24.8 Å². The largest absolute Gasteiger partial charge is 0.497 e. The van der Waals surface area contributed by atoms with Crippen molar-refractivity contribution in [3.05, 3.63) is 125 Å². The molecule has 0 aliphatic carbocycles. The molecule has 1 amide bonds. The maximum Gasteiger partial charge on any atom is 0.333 e. The fraction of sp³-hybridized carbons (Fsp3) is 0.463. The fourth-order valence-electron chi connectivity index (χ4n) is 9.25. The molecule has 0 radical (unpaired) electrons. The lowest BCUT2D eigenvalue weighted by atomic mass is 9.80. The van der Waals surface area contributed by atoms with Crippen LogP contribution in [0, 0.1) is 17.2 Å². The van der Waals surface area contributed by atoms with Crippen LogP contribution in [-0.4, -0.2) is 122 Å². The summed E-state index contributed by atoms with van der Waals surface area (Å²) >= 11 is 0. The number of nitrogens with zero attached hydrogens (tertiary/aromatic N) is 4. The van der Waals surface area contributed by atoms with Gasteiger partial charge in [-0.05, 0) is 72.4 Å². The number of ether oxygens (including phenoxy) is 6. The summed E-state index contributed by atoms with van der Waals surface area (Å²) in [5.41, 5.74) is 6.06. The molecule has 2 aliphatic heterocycles. The lowest BCUT2D eigenvalue weighted by Gasteiger charge is -2.40. The molecule has 8 atom stereocenters. The number of H-pyrrole nitrogens is 1. The van der Waals surface area contributed by atoms with E-state index in [9.17, 15) is 29.2 Å². The number of hydrogen-bond donors (Lipinski definition) is 5. The average Bonchev–Trinajstić information content (AvgIpc) is 4.24. The van der Waals surface area contributed by atoms with Gasteiger partial charge in [0.2, 0.25) is 11.9 Å². The molecule has 78 heavy (non-hydrogen) atoms. The van der Waals surface area contributed by atoms with Crippen LogP contribution >= 0.6 is 8.60 Å². The van der Waals surface area contributed by atoms with Gasteiger partial charge in [-0.2, -0.15) is 10.2 Å². The number of fused-ring (bicyclic) bond motifs is 1. The molecule has 2 aromatic heterocycles. The van der Waals surface area contributed by atoms with Gasteiger partial charge in [0.1, 0.15) is 59.8 Å². The van der Waals surface area contributed by atoms with Gasteiger partial charge >= 0.3 is 14.6 Å². The van der Waals surface area contributed by atoms with Crippen LogP contribution in [0.3, 0.4) is 0 Å². The molecule has 6 N–H and O–H groups in total. The van der Waals surface area contributed by atoms with E-state index in [2.05, 4.69) is 26.7 Å². The number of Topliss-reactive ketones (excluding diaryl/α,β-unsaturated/α-hetero) is 1. The lowest BCUT2D eigenvalue weighted by Crippen LogP contribution is -2.43. The van der Waals surface area contributed by atoms with E-state index in [4.69, 9.17) is 52.7 Å². The Bertz CT molecular complexity index is 2900. The number of amides is 1. The summed E-state index contributed by atoms with van der Waals surface area (Å²) in [7, 11) is -0.658.